The molecule has 0 saturated carbocycles. The molecule has 0 unspecified atom stereocenters. The molecule has 0 aliphatic rings. The van der Waals surface area contributed by atoms with Gasteiger partial charge in [0.25, 0.3) is 0 Å². The van der Waals surface area contributed by atoms with Gasteiger partial charge in [-0.3, -0.25) is 14.5 Å². The average Bonchev–Trinajstić information content (AvgIpc) is 2.31. The van der Waals surface area contributed by atoms with Crippen LogP contribution in [0.3, 0.4) is 0 Å². The van der Waals surface area contributed by atoms with Gasteiger partial charge >= 0.3 is 5.97 Å². The number of amides is 1. The predicted molar refractivity (Wildman–Crippen MR) is 69.3 cm³/mol. The van der Waals surface area contributed by atoms with Gasteiger partial charge in [0.1, 0.15) is 5.82 Å². The summed E-state index contributed by atoms with van der Waals surface area (Å²) in [6.07, 6.45) is 1.52. The van der Waals surface area contributed by atoms with Gasteiger partial charge < -0.3 is 10.4 Å². The van der Waals surface area contributed by atoms with Crippen molar-refractivity contribution >= 4 is 17.6 Å². The molecule has 0 aliphatic heterocycles. The van der Waals surface area contributed by atoms with E-state index in [1.807, 2.05) is 0 Å². The Morgan fingerprint density at radius 3 is 2.47 bits per heavy atom. The molecule has 0 aliphatic carbocycles. The smallest absolute Gasteiger partial charge is 0.317 e. The predicted octanol–water partition coefficient (Wildman–Crippen LogP) is 1.34. The molecular weight excluding hydrogens is 251 g/mol. The highest BCUT2D eigenvalue weighted by atomic mass is 19.1. The minimum atomic E-state index is -1.02. The van der Waals surface area contributed by atoms with Crippen LogP contribution in [-0.4, -0.2) is 41.5 Å². The molecule has 1 aromatic carbocycles. The van der Waals surface area contributed by atoms with Crippen LogP contribution in [-0.2, 0) is 9.59 Å². The van der Waals surface area contributed by atoms with Gasteiger partial charge in [0.15, 0.2) is 0 Å². The van der Waals surface area contributed by atoms with Gasteiger partial charge in [-0.25, -0.2) is 4.39 Å². The van der Waals surface area contributed by atoms with Gasteiger partial charge in [0.05, 0.1) is 13.1 Å². The quantitative estimate of drug-likeness (QED) is 0.731. The molecule has 0 radical (unpaired) electrons. The van der Waals surface area contributed by atoms with Crippen molar-refractivity contribution in [3.63, 3.8) is 0 Å². The van der Waals surface area contributed by atoms with Crippen LogP contribution < -0.4 is 5.32 Å². The van der Waals surface area contributed by atoms with Crippen molar-refractivity contribution in [2.75, 3.05) is 25.0 Å². The van der Waals surface area contributed by atoms with Crippen molar-refractivity contribution in [1.29, 1.82) is 0 Å². The van der Waals surface area contributed by atoms with Crippen LogP contribution in [0.15, 0.2) is 36.9 Å². The Morgan fingerprint density at radius 1 is 1.32 bits per heavy atom. The number of carboxylic acid groups (broad SMARTS) is 1. The lowest BCUT2D eigenvalue weighted by atomic mass is 10.3. The number of hydrogen-bond donors (Lipinski definition) is 2. The van der Waals surface area contributed by atoms with E-state index < -0.39 is 11.8 Å². The first-order chi connectivity index (χ1) is 9.01. The van der Waals surface area contributed by atoms with Crippen LogP contribution in [0, 0.1) is 5.82 Å². The Morgan fingerprint density at radius 2 is 1.95 bits per heavy atom. The van der Waals surface area contributed by atoms with Gasteiger partial charge in [-0.1, -0.05) is 6.08 Å². The van der Waals surface area contributed by atoms with Gasteiger partial charge in [-0.15, -0.1) is 6.58 Å². The Balaban J connectivity index is 2.54. The van der Waals surface area contributed by atoms with E-state index in [2.05, 4.69) is 11.9 Å². The molecule has 0 atom stereocenters. The maximum atomic E-state index is 12.7. The molecular formula is C13H15FN2O3. The Hall–Kier alpha value is -2.21. The van der Waals surface area contributed by atoms with Crippen molar-refractivity contribution < 1.29 is 19.1 Å². The number of carbonyl (C=O) groups excluding carboxylic acids is 1. The number of carboxylic acids is 1. The number of aliphatic carboxylic acids is 1. The van der Waals surface area contributed by atoms with Crippen LogP contribution in [0.2, 0.25) is 0 Å². The first kappa shape index (κ1) is 14.8. The lowest BCUT2D eigenvalue weighted by molar-refractivity contribution is -0.138. The largest absolute Gasteiger partial charge is 0.480 e. The number of benzene rings is 1. The summed E-state index contributed by atoms with van der Waals surface area (Å²) in [5, 5.41) is 11.3. The number of hydrogen-bond acceptors (Lipinski definition) is 3. The summed E-state index contributed by atoms with van der Waals surface area (Å²) in [7, 11) is 0. The van der Waals surface area contributed by atoms with Gasteiger partial charge in [0.2, 0.25) is 5.91 Å². The van der Waals surface area contributed by atoms with Crippen molar-refractivity contribution in [3.8, 4) is 0 Å². The molecule has 1 amide bonds. The normalized spacial score (nSPS) is 10.2. The van der Waals surface area contributed by atoms with Crippen molar-refractivity contribution in [2.45, 2.75) is 0 Å². The summed E-state index contributed by atoms with van der Waals surface area (Å²) in [6, 6.07) is 5.33. The number of halogens is 1. The van der Waals surface area contributed by atoms with E-state index in [0.717, 1.165) is 0 Å². The van der Waals surface area contributed by atoms with E-state index in [1.165, 1.54) is 35.2 Å². The third-order valence-corrected chi connectivity index (χ3v) is 2.24. The summed E-state index contributed by atoms with van der Waals surface area (Å²) in [4.78, 5) is 23.7. The lowest BCUT2D eigenvalue weighted by Crippen LogP contribution is -2.37. The molecule has 0 spiro atoms. The topological polar surface area (TPSA) is 69.6 Å². The molecule has 2 N–H and O–H groups in total. The van der Waals surface area contributed by atoms with Crippen LogP contribution in [0.4, 0.5) is 10.1 Å². The van der Waals surface area contributed by atoms with E-state index in [-0.39, 0.29) is 19.0 Å². The zero-order chi connectivity index (χ0) is 14.3. The summed E-state index contributed by atoms with van der Waals surface area (Å²) >= 11 is 0. The third-order valence-electron chi connectivity index (χ3n) is 2.24. The van der Waals surface area contributed by atoms with Crippen LogP contribution in [0.25, 0.3) is 0 Å². The molecule has 1 rings (SSSR count). The fourth-order valence-electron chi connectivity index (χ4n) is 1.50. The highest BCUT2D eigenvalue weighted by Gasteiger charge is 2.12. The Kier molecular flexibility index (Phi) is 5.69. The number of rotatable bonds is 7. The molecule has 6 heteroatoms. The fourth-order valence-corrected chi connectivity index (χ4v) is 1.50. The maximum Gasteiger partial charge on any atom is 0.317 e. The van der Waals surface area contributed by atoms with Crippen molar-refractivity contribution in [2.24, 2.45) is 0 Å². The number of nitrogens with one attached hydrogen (secondary N) is 1. The van der Waals surface area contributed by atoms with E-state index in [1.54, 1.807) is 0 Å². The zero-order valence-electron chi connectivity index (χ0n) is 10.3. The minimum Gasteiger partial charge on any atom is -0.480 e. The molecule has 0 fully saturated rings. The van der Waals surface area contributed by atoms with Gasteiger partial charge in [0, 0.05) is 12.2 Å². The molecule has 0 bridgehead atoms. The highest BCUT2D eigenvalue weighted by molar-refractivity contribution is 5.92. The van der Waals surface area contributed by atoms with E-state index in [4.69, 9.17) is 5.11 Å². The second kappa shape index (κ2) is 7.27. The first-order valence-electron chi connectivity index (χ1n) is 5.61. The third kappa shape index (κ3) is 5.78. The Bertz CT molecular complexity index is 459. The van der Waals surface area contributed by atoms with Gasteiger partial charge in [-0.05, 0) is 24.3 Å². The molecule has 5 nitrogen and oxygen atoms in total. The first-order valence-corrected chi connectivity index (χ1v) is 5.61. The summed E-state index contributed by atoms with van der Waals surface area (Å²) in [6.45, 7) is 3.47. The highest BCUT2D eigenvalue weighted by Crippen LogP contribution is 2.08. The number of carbonyl (C=O) groups is 2. The minimum absolute atomic E-state index is 0.0737. The summed E-state index contributed by atoms with van der Waals surface area (Å²) in [5.74, 6) is -1.77. The SMILES string of the molecule is C=CCN(CC(=O)O)CC(=O)Nc1ccc(F)cc1. The fraction of sp³-hybridized carbons (Fsp3) is 0.231. The summed E-state index contributed by atoms with van der Waals surface area (Å²) < 4.78 is 12.7. The van der Waals surface area contributed by atoms with Crippen molar-refractivity contribution in [3.05, 3.63) is 42.7 Å². The average molecular weight is 266 g/mol. The second-order valence-corrected chi connectivity index (χ2v) is 3.91. The molecule has 1 aromatic rings. The van der Waals surface area contributed by atoms with E-state index in [0.29, 0.717) is 12.2 Å². The number of nitrogens with zero attached hydrogens (tertiary/aromatic N) is 1. The molecule has 19 heavy (non-hydrogen) atoms. The van der Waals surface area contributed by atoms with Crippen LogP contribution in [0.5, 0.6) is 0 Å². The maximum absolute atomic E-state index is 12.7. The number of anilines is 1. The zero-order valence-corrected chi connectivity index (χ0v) is 10.3. The van der Waals surface area contributed by atoms with Crippen LogP contribution >= 0.6 is 0 Å². The summed E-state index contributed by atoms with van der Waals surface area (Å²) in [5.41, 5.74) is 0.459. The van der Waals surface area contributed by atoms with Gasteiger partial charge in [-0.2, -0.15) is 0 Å². The lowest BCUT2D eigenvalue weighted by Gasteiger charge is -2.17. The van der Waals surface area contributed by atoms with E-state index >= 15 is 0 Å². The monoisotopic (exact) mass is 266 g/mol. The van der Waals surface area contributed by atoms with Crippen LogP contribution in [0.1, 0.15) is 0 Å². The molecule has 0 heterocycles. The molecule has 0 saturated heterocycles. The second-order valence-electron chi connectivity index (χ2n) is 3.91. The van der Waals surface area contributed by atoms with Crippen molar-refractivity contribution in [1.82, 2.24) is 4.90 Å². The Labute approximate surface area is 110 Å². The molecule has 102 valence electrons. The van der Waals surface area contributed by atoms with E-state index in [9.17, 15) is 14.0 Å². The standard InChI is InChI=1S/C13H15FN2O3/c1-2-7-16(9-13(18)19)8-12(17)15-11-5-3-10(14)4-6-11/h2-6H,1,7-9H2,(H,15,17)(H,18,19). The molecule has 0 aromatic heterocycles.